The van der Waals surface area contributed by atoms with E-state index < -0.39 is 0 Å². The summed E-state index contributed by atoms with van der Waals surface area (Å²) in [7, 11) is 1.89. The van der Waals surface area contributed by atoms with Crippen LogP contribution in [0.2, 0.25) is 0 Å². The summed E-state index contributed by atoms with van der Waals surface area (Å²) in [4.78, 5) is 14.7. The Morgan fingerprint density at radius 1 is 1.11 bits per heavy atom. The minimum absolute atomic E-state index is 0.188. The Bertz CT molecular complexity index is 873. The maximum absolute atomic E-state index is 9.51. The van der Waals surface area contributed by atoms with Gasteiger partial charge < -0.3 is 10.4 Å². The molecule has 1 aliphatic carbocycles. The summed E-state index contributed by atoms with van der Waals surface area (Å²) >= 11 is 0. The first kappa shape index (κ1) is 19.5. The largest absolute Gasteiger partial charge is 0.396 e. The first-order chi connectivity index (χ1) is 12.8. The molecule has 144 valence electrons. The van der Waals surface area contributed by atoms with Crippen LogP contribution in [-0.4, -0.2) is 33.7 Å². The topological polar surface area (TPSA) is 70.9 Å². The Morgan fingerprint density at radius 2 is 1.85 bits per heavy atom. The summed E-state index contributed by atoms with van der Waals surface area (Å²) in [6.07, 6.45) is 3.06. The lowest BCUT2D eigenvalue weighted by Gasteiger charge is -2.26. The molecule has 3 rings (SSSR count). The van der Waals surface area contributed by atoms with Crippen LogP contribution in [0.25, 0.3) is 16.8 Å². The SMILES string of the molecule is CNc1nc(C(C)C)ccc1-c1nc2c(nc1C)CC([C@H](C)CO)C=C2C. The van der Waals surface area contributed by atoms with Crippen molar-refractivity contribution in [1.82, 2.24) is 15.0 Å². The van der Waals surface area contributed by atoms with E-state index in [1.807, 2.05) is 14.0 Å². The Labute approximate surface area is 162 Å². The second kappa shape index (κ2) is 7.77. The fourth-order valence-corrected chi connectivity index (χ4v) is 3.64. The van der Waals surface area contributed by atoms with E-state index in [0.717, 1.165) is 51.8 Å². The number of aromatic nitrogens is 3. The Hall–Kier alpha value is -2.27. The highest BCUT2D eigenvalue weighted by molar-refractivity contribution is 5.76. The molecule has 2 aromatic rings. The minimum Gasteiger partial charge on any atom is -0.396 e. The van der Waals surface area contributed by atoms with E-state index in [1.165, 1.54) is 0 Å². The molecule has 2 aromatic heterocycles. The Morgan fingerprint density at radius 3 is 2.48 bits per heavy atom. The third kappa shape index (κ3) is 3.74. The van der Waals surface area contributed by atoms with Gasteiger partial charge in [0.05, 0.1) is 22.8 Å². The van der Waals surface area contributed by atoms with Gasteiger partial charge in [-0.1, -0.05) is 26.8 Å². The molecule has 0 aromatic carbocycles. The van der Waals surface area contributed by atoms with E-state index in [1.54, 1.807) is 0 Å². The maximum Gasteiger partial charge on any atom is 0.135 e. The van der Waals surface area contributed by atoms with Gasteiger partial charge in [0, 0.05) is 24.9 Å². The van der Waals surface area contributed by atoms with E-state index in [2.05, 4.69) is 51.2 Å². The zero-order chi connectivity index (χ0) is 19.7. The van der Waals surface area contributed by atoms with Gasteiger partial charge in [0.15, 0.2) is 0 Å². The van der Waals surface area contributed by atoms with Crippen molar-refractivity contribution in [2.24, 2.45) is 11.8 Å². The van der Waals surface area contributed by atoms with Crippen molar-refractivity contribution < 1.29 is 5.11 Å². The van der Waals surface area contributed by atoms with Crippen molar-refractivity contribution in [1.29, 1.82) is 0 Å². The molecule has 0 aliphatic heterocycles. The minimum atomic E-state index is 0.188. The number of pyridine rings is 1. The van der Waals surface area contributed by atoms with Crippen molar-refractivity contribution in [2.45, 2.75) is 47.0 Å². The van der Waals surface area contributed by atoms with E-state index in [9.17, 15) is 5.11 Å². The van der Waals surface area contributed by atoms with Gasteiger partial charge in [0.1, 0.15) is 5.82 Å². The number of anilines is 1. The molecule has 1 unspecified atom stereocenters. The third-order valence-electron chi connectivity index (χ3n) is 5.43. The van der Waals surface area contributed by atoms with E-state index >= 15 is 0 Å². The predicted molar refractivity (Wildman–Crippen MR) is 111 cm³/mol. The van der Waals surface area contributed by atoms with Crippen LogP contribution in [0.15, 0.2) is 18.2 Å². The second-order valence-electron chi connectivity index (χ2n) is 7.87. The molecule has 1 aliphatic rings. The molecule has 0 fully saturated rings. The van der Waals surface area contributed by atoms with Crippen LogP contribution in [0.1, 0.15) is 56.4 Å². The van der Waals surface area contributed by atoms with Gasteiger partial charge in [-0.05, 0) is 55.7 Å². The molecule has 2 heterocycles. The molecular weight excluding hydrogens is 336 g/mol. The molecular formula is C22H30N4O. The lowest BCUT2D eigenvalue weighted by atomic mass is 9.83. The fraction of sp³-hybridized carbons (Fsp3) is 0.500. The number of aliphatic hydroxyl groups is 1. The number of hydrogen-bond donors (Lipinski definition) is 2. The summed E-state index contributed by atoms with van der Waals surface area (Å²) in [6, 6.07) is 4.17. The zero-order valence-electron chi connectivity index (χ0n) is 17.2. The van der Waals surface area contributed by atoms with Gasteiger partial charge in [0.25, 0.3) is 0 Å². The van der Waals surface area contributed by atoms with Gasteiger partial charge in [-0.25, -0.2) is 9.97 Å². The lowest BCUT2D eigenvalue weighted by molar-refractivity contribution is 0.205. The highest BCUT2D eigenvalue weighted by Crippen LogP contribution is 2.35. The van der Waals surface area contributed by atoms with Crippen LogP contribution in [-0.2, 0) is 6.42 Å². The number of rotatable bonds is 5. The van der Waals surface area contributed by atoms with Crippen molar-refractivity contribution in [3.05, 3.63) is 41.0 Å². The summed E-state index contributed by atoms with van der Waals surface area (Å²) in [5.74, 6) is 1.74. The van der Waals surface area contributed by atoms with Crippen LogP contribution in [0.4, 0.5) is 5.82 Å². The monoisotopic (exact) mass is 366 g/mol. The van der Waals surface area contributed by atoms with Gasteiger partial charge in [0.2, 0.25) is 0 Å². The molecule has 2 atom stereocenters. The normalized spacial score (nSPS) is 17.5. The number of nitrogens with zero attached hydrogens (tertiary/aromatic N) is 3. The molecule has 2 N–H and O–H groups in total. The predicted octanol–water partition coefficient (Wildman–Crippen LogP) is 4.22. The smallest absolute Gasteiger partial charge is 0.135 e. The van der Waals surface area contributed by atoms with Crippen LogP contribution in [0.3, 0.4) is 0 Å². The maximum atomic E-state index is 9.51. The molecule has 0 saturated carbocycles. The number of nitrogens with one attached hydrogen (secondary N) is 1. The number of aryl methyl sites for hydroxylation is 1. The van der Waals surface area contributed by atoms with Crippen molar-refractivity contribution in [3.63, 3.8) is 0 Å². The van der Waals surface area contributed by atoms with Gasteiger partial charge in [-0.2, -0.15) is 0 Å². The van der Waals surface area contributed by atoms with Crippen molar-refractivity contribution >= 4 is 11.4 Å². The van der Waals surface area contributed by atoms with Crippen LogP contribution >= 0.6 is 0 Å². The summed E-state index contributed by atoms with van der Waals surface area (Å²) in [5, 5.41) is 12.7. The molecule has 27 heavy (non-hydrogen) atoms. The summed E-state index contributed by atoms with van der Waals surface area (Å²) < 4.78 is 0. The highest BCUT2D eigenvalue weighted by atomic mass is 16.3. The Balaban J connectivity index is 2.07. The average Bonchev–Trinajstić information content (AvgIpc) is 2.66. The van der Waals surface area contributed by atoms with Gasteiger partial charge in [-0.3, -0.25) is 4.98 Å². The van der Waals surface area contributed by atoms with E-state index in [0.29, 0.717) is 11.8 Å². The number of fused-ring (bicyclic) bond motifs is 1. The van der Waals surface area contributed by atoms with Crippen LogP contribution in [0, 0.1) is 18.8 Å². The number of allylic oxidation sites excluding steroid dienone is 2. The molecule has 0 radical (unpaired) electrons. The molecule has 5 heteroatoms. The van der Waals surface area contributed by atoms with Gasteiger partial charge >= 0.3 is 0 Å². The second-order valence-corrected chi connectivity index (χ2v) is 7.87. The summed E-state index contributed by atoms with van der Waals surface area (Å²) in [6.45, 7) is 10.6. The first-order valence-electron chi connectivity index (χ1n) is 9.71. The van der Waals surface area contributed by atoms with E-state index in [-0.39, 0.29) is 12.5 Å². The lowest BCUT2D eigenvalue weighted by Crippen LogP contribution is -2.21. The first-order valence-corrected chi connectivity index (χ1v) is 9.71. The van der Waals surface area contributed by atoms with E-state index in [4.69, 9.17) is 15.0 Å². The quantitative estimate of drug-likeness (QED) is 0.829. The van der Waals surface area contributed by atoms with Crippen LogP contribution < -0.4 is 5.32 Å². The van der Waals surface area contributed by atoms with Crippen LogP contribution in [0.5, 0.6) is 0 Å². The van der Waals surface area contributed by atoms with Crippen molar-refractivity contribution in [3.8, 4) is 11.3 Å². The summed E-state index contributed by atoms with van der Waals surface area (Å²) in [5.41, 5.74) is 6.95. The standard InChI is InChI=1S/C22H30N4O/c1-12(2)18-8-7-17(22(23-6)25-18)21-15(5)24-19-10-16(14(4)11-27)9-13(3)20(19)26-21/h7-9,12,14,16,27H,10-11H2,1-6H3,(H,23,25)/t14-,16?/m1/s1. The third-order valence-corrected chi connectivity index (χ3v) is 5.43. The fourth-order valence-electron chi connectivity index (χ4n) is 3.64. The Kier molecular flexibility index (Phi) is 5.61. The molecule has 0 spiro atoms. The van der Waals surface area contributed by atoms with Gasteiger partial charge in [-0.15, -0.1) is 0 Å². The molecule has 5 nitrogen and oxygen atoms in total. The average molecular weight is 367 g/mol. The molecule has 0 bridgehead atoms. The number of hydrogen-bond acceptors (Lipinski definition) is 5. The highest BCUT2D eigenvalue weighted by Gasteiger charge is 2.25. The zero-order valence-corrected chi connectivity index (χ0v) is 17.2. The molecule has 0 amide bonds. The molecule has 0 saturated heterocycles. The van der Waals surface area contributed by atoms with Crippen molar-refractivity contribution in [2.75, 3.05) is 19.0 Å². The number of aliphatic hydroxyl groups excluding tert-OH is 1.